The molecule has 6 nitrogen and oxygen atoms in total. The highest BCUT2D eigenvalue weighted by atomic mass is 32.1. The number of benzene rings is 2. The average molecular weight is 410 g/mol. The molecule has 3 aromatic rings. The highest BCUT2D eigenvalue weighted by Crippen LogP contribution is 2.29. The Hall–Kier alpha value is -3.32. The fourth-order valence-electron chi connectivity index (χ4n) is 2.58. The fraction of sp³-hybridized carbons (Fsp3) is 0.182. The van der Waals surface area contributed by atoms with Crippen molar-refractivity contribution in [1.29, 1.82) is 0 Å². The van der Waals surface area contributed by atoms with Gasteiger partial charge in [-0.3, -0.25) is 4.79 Å². The van der Waals surface area contributed by atoms with E-state index in [1.165, 1.54) is 6.08 Å². The Bertz CT molecular complexity index is 996. The molecule has 0 aliphatic carbocycles. The first-order valence-corrected chi connectivity index (χ1v) is 9.80. The van der Waals surface area contributed by atoms with E-state index in [1.807, 2.05) is 36.6 Å². The molecule has 0 radical (unpaired) electrons. The molecule has 0 atom stereocenters. The number of nitrogens with one attached hydrogen (secondary N) is 1. The molecular formula is C22H22N2O4S. The summed E-state index contributed by atoms with van der Waals surface area (Å²) in [4.78, 5) is 16.5. The lowest BCUT2D eigenvalue weighted by molar-refractivity contribution is -0.111. The number of ether oxygens (including phenoxy) is 3. The third-order valence-corrected chi connectivity index (χ3v) is 4.83. The van der Waals surface area contributed by atoms with E-state index in [-0.39, 0.29) is 5.91 Å². The van der Waals surface area contributed by atoms with Crippen LogP contribution in [0.5, 0.6) is 17.2 Å². The Labute approximate surface area is 173 Å². The molecule has 0 bridgehead atoms. The van der Waals surface area contributed by atoms with Gasteiger partial charge >= 0.3 is 0 Å². The van der Waals surface area contributed by atoms with Crippen LogP contribution in [0.1, 0.15) is 16.3 Å². The van der Waals surface area contributed by atoms with Crippen molar-refractivity contribution in [2.45, 2.75) is 13.5 Å². The molecule has 0 unspecified atom stereocenters. The number of methoxy groups -OCH3 is 2. The van der Waals surface area contributed by atoms with Crippen LogP contribution < -0.4 is 19.5 Å². The highest BCUT2D eigenvalue weighted by Gasteiger charge is 2.06. The Morgan fingerprint density at radius 2 is 1.86 bits per heavy atom. The van der Waals surface area contributed by atoms with Gasteiger partial charge in [-0.25, -0.2) is 4.98 Å². The van der Waals surface area contributed by atoms with Gasteiger partial charge < -0.3 is 19.5 Å². The van der Waals surface area contributed by atoms with E-state index in [0.29, 0.717) is 23.8 Å². The molecule has 0 saturated heterocycles. The molecule has 0 saturated carbocycles. The van der Waals surface area contributed by atoms with E-state index in [2.05, 4.69) is 10.3 Å². The number of amides is 1. The van der Waals surface area contributed by atoms with Crippen molar-refractivity contribution in [3.63, 3.8) is 0 Å². The Kier molecular flexibility index (Phi) is 6.86. The third kappa shape index (κ3) is 5.83. The summed E-state index contributed by atoms with van der Waals surface area (Å²) in [7, 11) is 3.11. The molecule has 7 heteroatoms. The van der Waals surface area contributed by atoms with Crippen LogP contribution in [-0.2, 0) is 11.4 Å². The predicted octanol–water partition coefficient (Wildman–Crippen LogP) is 4.70. The van der Waals surface area contributed by atoms with Crippen molar-refractivity contribution in [1.82, 2.24) is 4.98 Å². The first-order chi connectivity index (χ1) is 14.1. The molecule has 0 aliphatic rings. The monoisotopic (exact) mass is 410 g/mol. The topological polar surface area (TPSA) is 69.7 Å². The van der Waals surface area contributed by atoms with Crippen molar-refractivity contribution in [2.24, 2.45) is 0 Å². The number of carbonyl (C=O) groups is 1. The van der Waals surface area contributed by atoms with Gasteiger partial charge in [0.25, 0.3) is 0 Å². The zero-order valence-corrected chi connectivity index (χ0v) is 17.3. The summed E-state index contributed by atoms with van der Waals surface area (Å²) >= 11 is 1.60. The number of anilines is 1. The van der Waals surface area contributed by atoms with Crippen LogP contribution in [0, 0.1) is 6.92 Å². The SMILES string of the molecule is COc1ccc(NC(=O)/C=C/c2ccc(OCc3csc(C)n3)cc2)cc1OC. The summed E-state index contributed by atoms with van der Waals surface area (Å²) in [5.41, 5.74) is 2.44. The van der Waals surface area contributed by atoms with Crippen LogP contribution in [0.15, 0.2) is 53.9 Å². The summed E-state index contributed by atoms with van der Waals surface area (Å²) in [6, 6.07) is 12.7. The minimum Gasteiger partial charge on any atom is -0.493 e. The molecular weight excluding hydrogens is 388 g/mol. The summed E-state index contributed by atoms with van der Waals surface area (Å²) in [6.07, 6.45) is 3.22. The first kappa shape index (κ1) is 20.4. The number of carbonyl (C=O) groups excluding carboxylic acids is 1. The number of nitrogens with zero attached hydrogens (tertiary/aromatic N) is 1. The van der Waals surface area contributed by atoms with Gasteiger partial charge in [0.05, 0.1) is 24.9 Å². The molecule has 2 aromatic carbocycles. The van der Waals surface area contributed by atoms with E-state index in [0.717, 1.165) is 22.0 Å². The average Bonchev–Trinajstić information content (AvgIpc) is 3.16. The normalized spacial score (nSPS) is 10.7. The second kappa shape index (κ2) is 9.75. The number of aromatic nitrogens is 1. The number of aryl methyl sites for hydroxylation is 1. The zero-order chi connectivity index (χ0) is 20.6. The van der Waals surface area contributed by atoms with Crippen molar-refractivity contribution >= 4 is 29.0 Å². The van der Waals surface area contributed by atoms with Crippen molar-refractivity contribution in [2.75, 3.05) is 19.5 Å². The zero-order valence-electron chi connectivity index (χ0n) is 16.5. The van der Waals surface area contributed by atoms with Crippen LogP contribution in [0.2, 0.25) is 0 Å². The summed E-state index contributed by atoms with van der Waals surface area (Å²) < 4.78 is 16.2. The molecule has 1 N–H and O–H groups in total. The van der Waals surface area contributed by atoms with Gasteiger partial charge in [0.15, 0.2) is 11.5 Å². The smallest absolute Gasteiger partial charge is 0.248 e. The summed E-state index contributed by atoms with van der Waals surface area (Å²) in [5, 5.41) is 5.81. The number of thiazole rings is 1. The van der Waals surface area contributed by atoms with Gasteiger partial charge in [-0.15, -0.1) is 11.3 Å². The molecule has 1 amide bonds. The maximum absolute atomic E-state index is 12.2. The number of rotatable bonds is 8. The second-order valence-corrected chi connectivity index (χ2v) is 7.17. The van der Waals surface area contributed by atoms with Crippen LogP contribution in [0.4, 0.5) is 5.69 Å². The number of hydrogen-bond acceptors (Lipinski definition) is 6. The van der Waals surface area contributed by atoms with Crippen LogP contribution in [-0.4, -0.2) is 25.1 Å². The van der Waals surface area contributed by atoms with Gasteiger partial charge in [0.1, 0.15) is 12.4 Å². The highest BCUT2D eigenvalue weighted by molar-refractivity contribution is 7.09. The van der Waals surface area contributed by atoms with Crippen LogP contribution in [0.25, 0.3) is 6.08 Å². The Morgan fingerprint density at radius 3 is 2.52 bits per heavy atom. The van der Waals surface area contributed by atoms with E-state index in [9.17, 15) is 4.79 Å². The van der Waals surface area contributed by atoms with E-state index in [4.69, 9.17) is 14.2 Å². The van der Waals surface area contributed by atoms with Gasteiger partial charge in [-0.1, -0.05) is 12.1 Å². The van der Waals surface area contributed by atoms with Gasteiger partial charge in [-0.05, 0) is 42.8 Å². The number of hydrogen-bond donors (Lipinski definition) is 1. The van der Waals surface area contributed by atoms with Crippen LogP contribution >= 0.6 is 11.3 Å². The van der Waals surface area contributed by atoms with Crippen molar-refractivity contribution < 1.29 is 19.0 Å². The lowest BCUT2D eigenvalue weighted by atomic mass is 10.2. The Morgan fingerprint density at radius 1 is 1.10 bits per heavy atom. The maximum atomic E-state index is 12.2. The van der Waals surface area contributed by atoms with Gasteiger partial charge in [-0.2, -0.15) is 0 Å². The van der Waals surface area contributed by atoms with Gasteiger partial charge in [0.2, 0.25) is 5.91 Å². The lowest BCUT2D eigenvalue weighted by Crippen LogP contribution is -2.07. The molecule has 0 fully saturated rings. The molecule has 3 rings (SSSR count). The third-order valence-electron chi connectivity index (χ3n) is 4.01. The standard InChI is InChI=1S/C22H22N2O4S/c1-15-23-18(14-29-15)13-28-19-8-4-16(5-9-19)6-11-22(25)24-17-7-10-20(26-2)21(12-17)27-3/h4-12,14H,13H2,1-3H3,(H,24,25)/b11-6+. The molecule has 1 heterocycles. The summed E-state index contributed by atoms with van der Waals surface area (Å²) in [6.45, 7) is 2.41. The predicted molar refractivity (Wildman–Crippen MR) is 115 cm³/mol. The molecule has 29 heavy (non-hydrogen) atoms. The van der Waals surface area contributed by atoms with Gasteiger partial charge in [0, 0.05) is 23.2 Å². The molecule has 1 aromatic heterocycles. The minimum absolute atomic E-state index is 0.239. The van der Waals surface area contributed by atoms with E-state index >= 15 is 0 Å². The Balaban J connectivity index is 1.54. The minimum atomic E-state index is -0.239. The molecule has 0 spiro atoms. The quantitative estimate of drug-likeness (QED) is 0.545. The van der Waals surface area contributed by atoms with Crippen molar-refractivity contribution in [3.05, 3.63) is 70.2 Å². The van der Waals surface area contributed by atoms with E-state index in [1.54, 1.807) is 49.8 Å². The largest absolute Gasteiger partial charge is 0.493 e. The maximum Gasteiger partial charge on any atom is 0.248 e. The fourth-order valence-corrected chi connectivity index (χ4v) is 3.17. The first-order valence-electron chi connectivity index (χ1n) is 8.92. The second-order valence-electron chi connectivity index (χ2n) is 6.11. The van der Waals surface area contributed by atoms with Crippen molar-refractivity contribution in [3.8, 4) is 17.2 Å². The molecule has 0 aliphatic heterocycles. The summed E-state index contributed by atoms with van der Waals surface area (Å²) in [5.74, 6) is 1.67. The van der Waals surface area contributed by atoms with E-state index < -0.39 is 0 Å². The van der Waals surface area contributed by atoms with Crippen LogP contribution in [0.3, 0.4) is 0 Å². The lowest BCUT2D eigenvalue weighted by Gasteiger charge is -2.09. The molecule has 150 valence electrons.